The van der Waals surface area contributed by atoms with Crippen molar-refractivity contribution in [3.8, 4) is 0 Å². The van der Waals surface area contributed by atoms with E-state index in [2.05, 4.69) is 9.71 Å². The summed E-state index contributed by atoms with van der Waals surface area (Å²) in [6.45, 7) is 2.42. The van der Waals surface area contributed by atoms with Gasteiger partial charge in [0.15, 0.2) is 0 Å². The minimum atomic E-state index is -3.35. The molecule has 0 fully saturated rings. The molecule has 0 radical (unpaired) electrons. The predicted molar refractivity (Wildman–Crippen MR) is 102 cm³/mol. The largest absolute Gasteiger partial charge is 0.337 e. The third-order valence-electron chi connectivity index (χ3n) is 3.97. The van der Waals surface area contributed by atoms with Gasteiger partial charge in [-0.25, -0.2) is 13.1 Å². The number of carbonyl (C=O) groups is 1. The number of benzene rings is 1. The minimum Gasteiger partial charge on any atom is -0.337 e. The van der Waals surface area contributed by atoms with Gasteiger partial charge in [-0.1, -0.05) is 36.4 Å². The van der Waals surface area contributed by atoms with Crippen LogP contribution in [0.4, 0.5) is 0 Å². The van der Waals surface area contributed by atoms with Crippen molar-refractivity contribution in [3.05, 3.63) is 66.0 Å². The Labute approximate surface area is 155 Å². The summed E-state index contributed by atoms with van der Waals surface area (Å²) in [5, 5.41) is 0. The molecular formula is C19H25N3O3S. The van der Waals surface area contributed by atoms with Crippen LogP contribution in [0.1, 0.15) is 24.5 Å². The predicted octanol–water partition coefficient (Wildman–Crippen LogP) is 1.98. The lowest BCUT2D eigenvalue weighted by molar-refractivity contribution is -0.129. The monoisotopic (exact) mass is 375 g/mol. The van der Waals surface area contributed by atoms with E-state index in [4.69, 9.17) is 0 Å². The standard InChI is InChI=1S/C19H25N3O3S/c1-17(23)22(16-19-9-5-11-20-15-19)13-12-21-26(24,25)14-6-10-18-7-3-2-4-8-18/h2-5,7-9,11,15,21H,6,10,12-14,16H2,1H3. The van der Waals surface area contributed by atoms with Gasteiger partial charge in [-0.15, -0.1) is 0 Å². The molecule has 0 saturated carbocycles. The van der Waals surface area contributed by atoms with Crippen molar-refractivity contribution >= 4 is 15.9 Å². The smallest absolute Gasteiger partial charge is 0.219 e. The average Bonchev–Trinajstić information content (AvgIpc) is 2.62. The second-order valence-corrected chi connectivity index (χ2v) is 8.03. The van der Waals surface area contributed by atoms with Crippen molar-refractivity contribution in [1.29, 1.82) is 0 Å². The molecule has 0 spiro atoms. The Bertz CT molecular complexity index is 780. The van der Waals surface area contributed by atoms with Gasteiger partial charge in [0.05, 0.1) is 5.75 Å². The first-order valence-electron chi connectivity index (χ1n) is 8.62. The van der Waals surface area contributed by atoms with Gasteiger partial charge in [0.25, 0.3) is 0 Å². The van der Waals surface area contributed by atoms with Crippen LogP contribution in [0, 0.1) is 0 Å². The highest BCUT2D eigenvalue weighted by Gasteiger charge is 2.13. The van der Waals surface area contributed by atoms with Crippen LogP contribution in [0.5, 0.6) is 0 Å². The van der Waals surface area contributed by atoms with Crippen molar-refractivity contribution in [2.24, 2.45) is 0 Å². The number of amides is 1. The molecule has 1 heterocycles. The van der Waals surface area contributed by atoms with Crippen LogP contribution in [0.25, 0.3) is 0 Å². The number of nitrogens with one attached hydrogen (secondary N) is 1. The summed E-state index contributed by atoms with van der Waals surface area (Å²) in [4.78, 5) is 17.4. The highest BCUT2D eigenvalue weighted by atomic mass is 32.2. The molecule has 2 aromatic rings. The molecule has 0 aliphatic rings. The number of hydrogen-bond donors (Lipinski definition) is 1. The molecule has 1 aromatic carbocycles. The van der Waals surface area contributed by atoms with Gasteiger partial charge in [-0.3, -0.25) is 9.78 Å². The van der Waals surface area contributed by atoms with Crippen LogP contribution >= 0.6 is 0 Å². The lowest BCUT2D eigenvalue weighted by atomic mass is 10.1. The van der Waals surface area contributed by atoms with E-state index in [0.717, 1.165) is 17.5 Å². The highest BCUT2D eigenvalue weighted by molar-refractivity contribution is 7.89. The van der Waals surface area contributed by atoms with Gasteiger partial charge in [-0.2, -0.15) is 0 Å². The van der Waals surface area contributed by atoms with Crippen molar-refractivity contribution in [2.45, 2.75) is 26.3 Å². The fourth-order valence-corrected chi connectivity index (χ4v) is 3.65. The maximum absolute atomic E-state index is 12.1. The summed E-state index contributed by atoms with van der Waals surface area (Å²) in [7, 11) is -3.35. The van der Waals surface area contributed by atoms with Crippen LogP contribution in [-0.2, 0) is 27.8 Å². The fourth-order valence-electron chi connectivity index (χ4n) is 2.58. The first-order valence-corrected chi connectivity index (χ1v) is 10.3. The van der Waals surface area contributed by atoms with E-state index in [-0.39, 0.29) is 18.2 Å². The minimum absolute atomic E-state index is 0.0740. The number of aromatic nitrogens is 1. The third-order valence-corrected chi connectivity index (χ3v) is 5.44. The molecule has 0 saturated heterocycles. The zero-order chi connectivity index (χ0) is 18.8. The van der Waals surface area contributed by atoms with E-state index >= 15 is 0 Å². The lowest BCUT2D eigenvalue weighted by Gasteiger charge is -2.21. The Hall–Kier alpha value is -2.25. The molecule has 0 unspecified atom stereocenters. The number of rotatable bonds is 10. The second-order valence-electron chi connectivity index (χ2n) is 6.10. The number of sulfonamides is 1. The van der Waals surface area contributed by atoms with Gasteiger partial charge < -0.3 is 4.90 Å². The van der Waals surface area contributed by atoms with E-state index in [0.29, 0.717) is 19.5 Å². The quantitative estimate of drug-likeness (QED) is 0.689. The molecular weight excluding hydrogens is 350 g/mol. The van der Waals surface area contributed by atoms with Gasteiger partial charge >= 0.3 is 0 Å². The van der Waals surface area contributed by atoms with Crippen molar-refractivity contribution in [3.63, 3.8) is 0 Å². The van der Waals surface area contributed by atoms with Crippen LogP contribution in [0.2, 0.25) is 0 Å². The molecule has 1 amide bonds. The first-order chi connectivity index (χ1) is 12.5. The molecule has 0 atom stereocenters. The lowest BCUT2D eigenvalue weighted by Crippen LogP contribution is -2.37. The summed E-state index contributed by atoms with van der Waals surface area (Å²) >= 11 is 0. The maximum Gasteiger partial charge on any atom is 0.219 e. The van der Waals surface area contributed by atoms with Crippen molar-refractivity contribution in [1.82, 2.24) is 14.6 Å². The maximum atomic E-state index is 12.1. The summed E-state index contributed by atoms with van der Waals surface area (Å²) in [5.74, 6) is -0.0259. The fraction of sp³-hybridized carbons (Fsp3) is 0.368. The summed E-state index contributed by atoms with van der Waals surface area (Å²) < 4.78 is 26.8. The molecule has 0 bridgehead atoms. The van der Waals surface area contributed by atoms with Crippen LogP contribution in [0.3, 0.4) is 0 Å². The zero-order valence-corrected chi connectivity index (χ0v) is 15.8. The van der Waals surface area contributed by atoms with E-state index in [9.17, 15) is 13.2 Å². The second kappa shape index (κ2) is 10.0. The molecule has 6 nitrogen and oxygen atoms in total. The highest BCUT2D eigenvalue weighted by Crippen LogP contribution is 2.05. The Morgan fingerprint density at radius 1 is 1.12 bits per heavy atom. The first kappa shape index (κ1) is 20.1. The third kappa shape index (κ3) is 7.33. The molecule has 140 valence electrons. The molecule has 1 N–H and O–H groups in total. The Kier molecular flexibility index (Phi) is 7.74. The summed E-state index contributed by atoms with van der Waals surface area (Å²) in [5.41, 5.74) is 2.04. The van der Waals surface area contributed by atoms with Crippen molar-refractivity contribution < 1.29 is 13.2 Å². The van der Waals surface area contributed by atoms with Gasteiger partial charge in [0.1, 0.15) is 0 Å². The number of pyridine rings is 1. The van der Waals surface area contributed by atoms with Gasteiger partial charge in [0.2, 0.25) is 15.9 Å². The topological polar surface area (TPSA) is 79.4 Å². The van der Waals surface area contributed by atoms with Gasteiger partial charge in [0, 0.05) is 39.0 Å². The molecule has 0 aliphatic heterocycles. The average molecular weight is 375 g/mol. The van der Waals surface area contributed by atoms with E-state index < -0.39 is 10.0 Å². The Morgan fingerprint density at radius 3 is 2.50 bits per heavy atom. The molecule has 7 heteroatoms. The van der Waals surface area contributed by atoms with Crippen LogP contribution in [-0.4, -0.2) is 43.1 Å². The van der Waals surface area contributed by atoms with E-state index in [1.807, 2.05) is 42.5 Å². The summed E-state index contributed by atoms with van der Waals surface area (Å²) in [6, 6.07) is 13.5. The Morgan fingerprint density at radius 2 is 1.85 bits per heavy atom. The number of aryl methyl sites for hydroxylation is 1. The van der Waals surface area contributed by atoms with Crippen LogP contribution in [0.15, 0.2) is 54.9 Å². The Balaban J connectivity index is 1.75. The van der Waals surface area contributed by atoms with Gasteiger partial charge in [-0.05, 0) is 30.0 Å². The number of hydrogen-bond acceptors (Lipinski definition) is 4. The van der Waals surface area contributed by atoms with E-state index in [1.165, 1.54) is 6.92 Å². The molecule has 26 heavy (non-hydrogen) atoms. The van der Waals surface area contributed by atoms with Crippen molar-refractivity contribution in [2.75, 3.05) is 18.8 Å². The molecule has 1 aromatic heterocycles. The SMILES string of the molecule is CC(=O)N(CCNS(=O)(=O)CCCc1ccccc1)Cc1cccnc1. The molecule has 0 aliphatic carbocycles. The van der Waals surface area contributed by atoms with E-state index in [1.54, 1.807) is 17.3 Å². The molecule has 2 rings (SSSR count). The summed E-state index contributed by atoms with van der Waals surface area (Å²) in [6.07, 6.45) is 4.66. The van der Waals surface area contributed by atoms with Crippen LogP contribution < -0.4 is 4.72 Å². The normalized spacial score (nSPS) is 11.3. The number of nitrogens with zero attached hydrogens (tertiary/aromatic N) is 2. The zero-order valence-electron chi connectivity index (χ0n) is 15.0. The number of carbonyl (C=O) groups excluding carboxylic acids is 1.